The van der Waals surface area contributed by atoms with E-state index in [2.05, 4.69) is 19.2 Å². The minimum Gasteiger partial charge on any atom is -0.508 e. The summed E-state index contributed by atoms with van der Waals surface area (Å²) < 4.78 is 0. The van der Waals surface area contributed by atoms with Crippen LogP contribution in [-0.2, 0) is 0 Å². The van der Waals surface area contributed by atoms with Gasteiger partial charge < -0.3 is 10.4 Å². The summed E-state index contributed by atoms with van der Waals surface area (Å²) in [5.74, 6) is 2.02. The first kappa shape index (κ1) is 13.3. The average Bonchev–Trinajstić information content (AvgIpc) is 2.34. The van der Waals surface area contributed by atoms with E-state index >= 15 is 0 Å². The van der Waals surface area contributed by atoms with Crippen molar-refractivity contribution in [1.82, 2.24) is 0 Å². The molecule has 0 saturated heterocycles. The molecule has 2 N–H and O–H groups in total. The molecule has 1 aromatic rings. The lowest BCUT2D eigenvalue weighted by Gasteiger charge is -2.32. The van der Waals surface area contributed by atoms with Gasteiger partial charge in [-0.05, 0) is 55.4 Å². The number of anilines is 1. The van der Waals surface area contributed by atoms with Crippen molar-refractivity contribution < 1.29 is 5.11 Å². The van der Waals surface area contributed by atoms with Crippen LogP contribution in [-0.4, -0.2) is 11.1 Å². The summed E-state index contributed by atoms with van der Waals surface area (Å²) >= 11 is 0. The van der Waals surface area contributed by atoms with Gasteiger partial charge in [0.25, 0.3) is 0 Å². The van der Waals surface area contributed by atoms with Crippen LogP contribution < -0.4 is 5.32 Å². The number of phenols is 1. The fourth-order valence-corrected chi connectivity index (χ4v) is 2.95. The van der Waals surface area contributed by atoms with Crippen molar-refractivity contribution in [3.63, 3.8) is 0 Å². The van der Waals surface area contributed by atoms with Gasteiger partial charge in [-0.1, -0.05) is 26.7 Å². The van der Waals surface area contributed by atoms with E-state index in [4.69, 9.17) is 0 Å². The SMILES string of the molecule is Cc1cc(NC2CCCC(C(C)C)C2)ccc1O. The summed E-state index contributed by atoms with van der Waals surface area (Å²) in [6.07, 6.45) is 5.25. The van der Waals surface area contributed by atoms with Crippen LogP contribution in [0.4, 0.5) is 5.69 Å². The van der Waals surface area contributed by atoms with Gasteiger partial charge in [0.15, 0.2) is 0 Å². The molecular weight excluding hydrogens is 222 g/mol. The standard InChI is InChI=1S/C16H25NO/c1-11(2)13-5-4-6-14(10-13)17-15-7-8-16(18)12(3)9-15/h7-9,11,13-14,17-18H,4-6,10H2,1-3H3. The molecule has 100 valence electrons. The summed E-state index contributed by atoms with van der Waals surface area (Å²) in [7, 11) is 0. The van der Waals surface area contributed by atoms with Crippen LogP contribution in [0.5, 0.6) is 5.75 Å². The lowest BCUT2D eigenvalue weighted by molar-refractivity contribution is 0.264. The summed E-state index contributed by atoms with van der Waals surface area (Å²) in [6, 6.07) is 6.38. The van der Waals surface area contributed by atoms with Crippen LogP contribution in [0.3, 0.4) is 0 Å². The smallest absolute Gasteiger partial charge is 0.118 e. The van der Waals surface area contributed by atoms with E-state index in [0.717, 1.165) is 23.1 Å². The second-order valence-electron chi connectivity index (χ2n) is 6.01. The van der Waals surface area contributed by atoms with E-state index in [1.165, 1.54) is 25.7 Å². The number of phenolic OH excluding ortho intramolecular Hbond substituents is 1. The number of aromatic hydroxyl groups is 1. The zero-order valence-corrected chi connectivity index (χ0v) is 11.7. The van der Waals surface area contributed by atoms with E-state index in [-0.39, 0.29) is 0 Å². The largest absolute Gasteiger partial charge is 0.508 e. The van der Waals surface area contributed by atoms with Crippen LogP contribution in [0.15, 0.2) is 18.2 Å². The molecule has 0 aromatic heterocycles. The Hall–Kier alpha value is -1.18. The molecule has 2 heteroatoms. The van der Waals surface area contributed by atoms with E-state index in [1.807, 2.05) is 19.1 Å². The van der Waals surface area contributed by atoms with Crippen LogP contribution in [0.25, 0.3) is 0 Å². The Kier molecular flexibility index (Phi) is 4.15. The van der Waals surface area contributed by atoms with Gasteiger partial charge >= 0.3 is 0 Å². The van der Waals surface area contributed by atoms with Gasteiger partial charge in [0.05, 0.1) is 0 Å². The van der Waals surface area contributed by atoms with Crippen LogP contribution in [0, 0.1) is 18.8 Å². The predicted molar refractivity (Wildman–Crippen MR) is 77.1 cm³/mol. The topological polar surface area (TPSA) is 32.3 Å². The zero-order chi connectivity index (χ0) is 13.1. The van der Waals surface area contributed by atoms with Crippen LogP contribution >= 0.6 is 0 Å². The van der Waals surface area contributed by atoms with E-state index < -0.39 is 0 Å². The Balaban J connectivity index is 1.98. The van der Waals surface area contributed by atoms with E-state index in [1.54, 1.807) is 6.07 Å². The van der Waals surface area contributed by atoms with Gasteiger partial charge in [-0.2, -0.15) is 0 Å². The van der Waals surface area contributed by atoms with Crippen molar-refractivity contribution >= 4 is 5.69 Å². The number of hydrogen-bond acceptors (Lipinski definition) is 2. The third kappa shape index (κ3) is 3.18. The minimum absolute atomic E-state index is 0.379. The van der Waals surface area contributed by atoms with Crippen molar-refractivity contribution in [3.8, 4) is 5.75 Å². The molecule has 1 aromatic carbocycles. The quantitative estimate of drug-likeness (QED) is 0.779. The minimum atomic E-state index is 0.379. The molecule has 0 radical (unpaired) electrons. The average molecular weight is 247 g/mol. The van der Waals surface area contributed by atoms with Crippen molar-refractivity contribution in [3.05, 3.63) is 23.8 Å². The van der Waals surface area contributed by atoms with Crippen molar-refractivity contribution in [2.75, 3.05) is 5.32 Å². The monoisotopic (exact) mass is 247 g/mol. The molecule has 2 unspecified atom stereocenters. The molecule has 0 bridgehead atoms. The Bertz CT molecular complexity index is 400. The molecular formula is C16H25NO. The van der Waals surface area contributed by atoms with E-state index in [9.17, 15) is 5.11 Å². The summed E-state index contributed by atoms with van der Waals surface area (Å²) in [5.41, 5.74) is 2.08. The molecule has 1 aliphatic carbocycles. The Labute approximate surface area is 110 Å². The molecule has 1 aliphatic rings. The third-order valence-corrected chi connectivity index (χ3v) is 4.23. The van der Waals surface area contributed by atoms with Gasteiger partial charge in [0.1, 0.15) is 5.75 Å². The molecule has 2 atom stereocenters. The van der Waals surface area contributed by atoms with Crippen LogP contribution in [0.1, 0.15) is 45.1 Å². The predicted octanol–water partition coefficient (Wildman–Crippen LogP) is 4.33. The molecule has 1 fully saturated rings. The Morgan fingerprint density at radius 2 is 2.06 bits per heavy atom. The van der Waals surface area contributed by atoms with Crippen molar-refractivity contribution in [1.29, 1.82) is 0 Å². The highest BCUT2D eigenvalue weighted by Crippen LogP contribution is 2.32. The zero-order valence-electron chi connectivity index (χ0n) is 11.7. The Morgan fingerprint density at radius 1 is 1.28 bits per heavy atom. The number of aryl methyl sites for hydroxylation is 1. The maximum Gasteiger partial charge on any atom is 0.118 e. The Morgan fingerprint density at radius 3 is 2.72 bits per heavy atom. The molecule has 0 amide bonds. The lowest BCUT2D eigenvalue weighted by Crippen LogP contribution is -2.29. The molecule has 0 aliphatic heterocycles. The first-order chi connectivity index (χ1) is 8.56. The maximum absolute atomic E-state index is 9.54. The number of benzene rings is 1. The summed E-state index contributed by atoms with van der Waals surface area (Å²) in [5, 5.41) is 13.2. The molecule has 2 nitrogen and oxygen atoms in total. The van der Waals surface area contributed by atoms with Gasteiger partial charge in [-0.15, -0.1) is 0 Å². The molecule has 0 heterocycles. The highest BCUT2D eigenvalue weighted by Gasteiger charge is 2.23. The van der Waals surface area contributed by atoms with Crippen LogP contribution in [0.2, 0.25) is 0 Å². The van der Waals surface area contributed by atoms with Gasteiger partial charge in [-0.25, -0.2) is 0 Å². The normalized spacial score (nSPS) is 24.2. The molecule has 0 spiro atoms. The highest BCUT2D eigenvalue weighted by molar-refractivity contribution is 5.50. The van der Waals surface area contributed by atoms with Crippen molar-refractivity contribution in [2.24, 2.45) is 11.8 Å². The van der Waals surface area contributed by atoms with Gasteiger partial charge in [0, 0.05) is 11.7 Å². The fraction of sp³-hybridized carbons (Fsp3) is 0.625. The van der Waals surface area contributed by atoms with Gasteiger partial charge in [-0.3, -0.25) is 0 Å². The number of hydrogen-bond donors (Lipinski definition) is 2. The summed E-state index contributed by atoms with van der Waals surface area (Å²) in [4.78, 5) is 0. The number of nitrogens with one attached hydrogen (secondary N) is 1. The molecule has 18 heavy (non-hydrogen) atoms. The highest BCUT2D eigenvalue weighted by atomic mass is 16.3. The second-order valence-corrected chi connectivity index (χ2v) is 6.01. The van der Waals surface area contributed by atoms with Crippen molar-refractivity contribution in [2.45, 2.75) is 52.5 Å². The van der Waals surface area contributed by atoms with Gasteiger partial charge in [0.2, 0.25) is 0 Å². The van der Waals surface area contributed by atoms with E-state index in [0.29, 0.717) is 11.8 Å². The molecule has 2 rings (SSSR count). The third-order valence-electron chi connectivity index (χ3n) is 4.23. The first-order valence-corrected chi connectivity index (χ1v) is 7.12. The summed E-state index contributed by atoms with van der Waals surface area (Å²) in [6.45, 7) is 6.60. The number of rotatable bonds is 3. The molecule has 1 saturated carbocycles. The fourth-order valence-electron chi connectivity index (χ4n) is 2.95. The lowest BCUT2D eigenvalue weighted by atomic mass is 9.79. The second kappa shape index (κ2) is 5.64. The maximum atomic E-state index is 9.54. The first-order valence-electron chi connectivity index (χ1n) is 7.12.